The summed E-state index contributed by atoms with van der Waals surface area (Å²) in [6.45, 7) is 6.67. The molecule has 0 saturated heterocycles. The van der Waals surface area contributed by atoms with Crippen LogP contribution in [0.5, 0.6) is 0 Å². The third-order valence-electron chi connectivity index (χ3n) is 6.55. The smallest absolute Gasteiger partial charge is 0.191 e. The number of methoxy groups -OCH3 is 2. The van der Waals surface area contributed by atoms with Crippen molar-refractivity contribution in [2.75, 3.05) is 47.1 Å². The predicted molar refractivity (Wildman–Crippen MR) is 109 cm³/mol. The van der Waals surface area contributed by atoms with Crippen molar-refractivity contribution in [3.8, 4) is 0 Å². The molecule has 0 radical (unpaired) electrons. The molecule has 2 aliphatic carbocycles. The first-order chi connectivity index (χ1) is 12.7. The lowest BCUT2D eigenvalue weighted by molar-refractivity contribution is 0.138. The first-order valence-electron chi connectivity index (χ1n) is 10.7. The van der Waals surface area contributed by atoms with E-state index in [1.807, 2.05) is 7.11 Å². The van der Waals surface area contributed by atoms with Gasteiger partial charge in [0.1, 0.15) is 0 Å². The van der Waals surface area contributed by atoms with Crippen LogP contribution >= 0.6 is 0 Å². The third-order valence-corrected chi connectivity index (χ3v) is 6.55. The van der Waals surface area contributed by atoms with Crippen LogP contribution in [0, 0.1) is 10.8 Å². The number of hydrogen-bond acceptors (Lipinski definition) is 3. The van der Waals surface area contributed by atoms with Crippen LogP contribution in [-0.2, 0) is 9.47 Å². The third kappa shape index (κ3) is 6.41. The predicted octanol–water partition coefficient (Wildman–Crippen LogP) is 3.74. The number of rotatable bonds is 11. The number of guanidine groups is 1. The average molecular weight is 368 g/mol. The summed E-state index contributed by atoms with van der Waals surface area (Å²) >= 11 is 0. The maximum absolute atomic E-state index is 5.36. The van der Waals surface area contributed by atoms with Crippen LogP contribution in [0.4, 0.5) is 0 Å². The maximum atomic E-state index is 5.36. The summed E-state index contributed by atoms with van der Waals surface area (Å²) in [7, 11) is 3.61. The Morgan fingerprint density at radius 2 is 1.38 bits per heavy atom. The highest BCUT2D eigenvalue weighted by Crippen LogP contribution is 2.42. The first kappa shape index (κ1) is 21.5. The molecule has 5 heteroatoms. The molecular weight excluding hydrogens is 326 g/mol. The molecular formula is C21H41N3O2. The SMILES string of the molecule is CCNC(=NCC1(CCOC)CCCC1)NCC1(CCOC)CCCC1. The minimum atomic E-state index is 0.347. The Kier molecular flexibility index (Phi) is 9.20. The van der Waals surface area contributed by atoms with Crippen LogP contribution in [0.3, 0.4) is 0 Å². The number of hydrogen-bond donors (Lipinski definition) is 2. The van der Waals surface area contributed by atoms with Crippen molar-refractivity contribution in [3.05, 3.63) is 0 Å². The van der Waals surface area contributed by atoms with Gasteiger partial charge < -0.3 is 20.1 Å². The fourth-order valence-electron chi connectivity index (χ4n) is 4.75. The van der Waals surface area contributed by atoms with Gasteiger partial charge in [0, 0.05) is 47.1 Å². The number of aliphatic imine (C=N–C) groups is 1. The van der Waals surface area contributed by atoms with Gasteiger partial charge in [0.15, 0.2) is 5.96 Å². The van der Waals surface area contributed by atoms with E-state index in [-0.39, 0.29) is 0 Å². The van der Waals surface area contributed by atoms with E-state index in [9.17, 15) is 0 Å². The van der Waals surface area contributed by atoms with Crippen molar-refractivity contribution in [1.82, 2.24) is 10.6 Å². The molecule has 2 rings (SSSR count). The topological polar surface area (TPSA) is 54.9 Å². The molecule has 0 heterocycles. The monoisotopic (exact) mass is 367 g/mol. The Morgan fingerprint density at radius 3 is 1.92 bits per heavy atom. The summed E-state index contributed by atoms with van der Waals surface area (Å²) in [6.07, 6.45) is 12.8. The van der Waals surface area contributed by atoms with E-state index in [2.05, 4.69) is 17.6 Å². The van der Waals surface area contributed by atoms with Crippen molar-refractivity contribution in [1.29, 1.82) is 0 Å². The molecule has 2 aliphatic rings. The molecule has 0 bridgehead atoms. The molecule has 0 atom stereocenters. The fourth-order valence-corrected chi connectivity index (χ4v) is 4.75. The molecule has 26 heavy (non-hydrogen) atoms. The van der Waals surface area contributed by atoms with Gasteiger partial charge in [-0.1, -0.05) is 25.7 Å². The van der Waals surface area contributed by atoms with Crippen LogP contribution in [0.15, 0.2) is 4.99 Å². The first-order valence-corrected chi connectivity index (χ1v) is 10.7. The van der Waals surface area contributed by atoms with Crippen LogP contribution in [0.2, 0.25) is 0 Å². The zero-order valence-electron chi connectivity index (χ0n) is 17.4. The summed E-state index contributed by atoms with van der Waals surface area (Å²) in [6, 6.07) is 0. The van der Waals surface area contributed by atoms with Gasteiger partial charge >= 0.3 is 0 Å². The van der Waals surface area contributed by atoms with Crippen molar-refractivity contribution in [3.63, 3.8) is 0 Å². The lowest BCUT2D eigenvalue weighted by Gasteiger charge is -2.31. The second-order valence-electron chi connectivity index (χ2n) is 8.45. The molecule has 0 unspecified atom stereocenters. The zero-order chi connectivity index (χ0) is 18.7. The Morgan fingerprint density at radius 1 is 0.846 bits per heavy atom. The van der Waals surface area contributed by atoms with Gasteiger partial charge in [-0.05, 0) is 56.3 Å². The summed E-state index contributed by atoms with van der Waals surface area (Å²) < 4.78 is 10.7. The molecule has 0 aromatic rings. The van der Waals surface area contributed by atoms with E-state index in [1.165, 1.54) is 51.4 Å². The van der Waals surface area contributed by atoms with Crippen LogP contribution in [-0.4, -0.2) is 53.0 Å². The largest absolute Gasteiger partial charge is 0.385 e. The van der Waals surface area contributed by atoms with Gasteiger partial charge in [-0.3, -0.25) is 4.99 Å². The fraction of sp³-hybridized carbons (Fsp3) is 0.952. The molecule has 0 amide bonds. The summed E-state index contributed by atoms with van der Waals surface area (Å²) in [5.74, 6) is 0.986. The molecule has 0 aromatic carbocycles. The van der Waals surface area contributed by atoms with Crippen LogP contribution in [0.1, 0.15) is 71.1 Å². The molecule has 0 aliphatic heterocycles. The van der Waals surface area contributed by atoms with Crippen molar-refractivity contribution in [2.45, 2.75) is 71.1 Å². The van der Waals surface area contributed by atoms with Crippen molar-refractivity contribution in [2.24, 2.45) is 15.8 Å². The summed E-state index contributed by atoms with van der Waals surface area (Å²) in [4.78, 5) is 5.00. The molecule has 5 nitrogen and oxygen atoms in total. The highest BCUT2D eigenvalue weighted by atomic mass is 16.5. The van der Waals surface area contributed by atoms with Crippen LogP contribution in [0.25, 0.3) is 0 Å². The lowest BCUT2D eigenvalue weighted by atomic mass is 9.83. The van der Waals surface area contributed by atoms with E-state index in [4.69, 9.17) is 14.5 Å². The van der Waals surface area contributed by atoms with Gasteiger partial charge in [-0.2, -0.15) is 0 Å². The highest BCUT2D eigenvalue weighted by molar-refractivity contribution is 5.79. The van der Waals surface area contributed by atoms with Gasteiger partial charge in [-0.25, -0.2) is 0 Å². The number of nitrogens with one attached hydrogen (secondary N) is 2. The summed E-state index contributed by atoms with van der Waals surface area (Å²) in [5, 5.41) is 7.12. The highest BCUT2D eigenvalue weighted by Gasteiger charge is 2.35. The Labute approximate surface area is 160 Å². The molecule has 0 spiro atoms. The normalized spacial score (nSPS) is 21.9. The van der Waals surface area contributed by atoms with E-state index >= 15 is 0 Å². The van der Waals surface area contributed by atoms with Gasteiger partial charge in [0.2, 0.25) is 0 Å². The van der Waals surface area contributed by atoms with Crippen LogP contribution < -0.4 is 10.6 Å². The molecule has 0 aromatic heterocycles. The standard InChI is InChI=1S/C21H41N3O2/c1-4-22-19(23-17-20(13-15-25-2)9-5-6-10-20)24-18-21(14-16-26-3)11-7-8-12-21/h4-18H2,1-3H3,(H2,22,23,24). The molecule has 2 fully saturated rings. The average Bonchev–Trinajstić information content (AvgIpc) is 3.31. The van der Waals surface area contributed by atoms with E-state index in [0.717, 1.165) is 51.6 Å². The molecule has 2 saturated carbocycles. The molecule has 152 valence electrons. The second kappa shape index (κ2) is 11.1. The van der Waals surface area contributed by atoms with Gasteiger partial charge in [0.25, 0.3) is 0 Å². The van der Waals surface area contributed by atoms with Gasteiger partial charge in [0.05, 0.1) is 0 Å². The Balaban J connectivity index is 1.94. The van der Waals surface area contributed by atoms with Crippen molar-refractivity contribution >= 4 is 5.96 Å². The van der Waals surface area contributed by atoms with E-state index in [1.54, 1.807) is 7.11 Å². The van der Waals surface area contributed by atoms with E-state index in [0.29, 0.717) is 10.8 Å². The lowest BCUT2D eigenvalue weighted by Crippen LogP contribution is -2.44. The zero-order valence-corrected chi connectivity index (χ0v) is 17.4. The number of ether oxygens (including phenoxy) is 2. The molecule has 2 N–H and O–H groups in total. The second-order valence-corrected chi connectivity index (χ2v) is 8.45. The minimum Gasteiger partial charge on any atom is -0.385 e. The maximum Gasteiger partial charge on any atom is 0.191 e. The Hall–Kier alpha value is -0.810. The quantitative estimate of drug-likeness (QED) is 0.431. The van der Waals surface area contributed by atoms with E-state index < -0.39 is 0 Å². The minimum absolute atomic E-state index is 0.347. The van der Waals surface area contributed by atoms with Gasteiger partial charge in [-0.15, -0.1) is 0 Å². The number of nitrogens with zero attached hydrogens (tertiary/aromatic N) is 1. The Bertz CT molecular complexity index is 413. The summed E-state index contributed by atoms with van der Waals surface area (Å²) in [5.41, 5.74) is 0.729. The van der Waals surface area contributed by atoms with Crippen molar-refractivity contribution < 1.29 is 9.47 Å².